The van der Waals surface area contributed by atoms with E-state index in [0.29, 0.717) is 6.42 Å². The van der Waals surface area contributed by atoms with Crippen molar-refractivity contribution in [2.24, 2.45) is 0 Å². The lowest BCUT2D eigenvalue weighted by molar-refractivity contribution is -0.142. The molecule has 1 heterocycles. The number of rotatable bonds is 1. The molecule has 1 aromatic heterocycles. The third-order valence-corrected chi connectivity index (χ3v) is 2.49. The van der Waals surface area contributed by atoms with Crippen molar-refractivity contribution in [3.05, 3.63) is 36.2 Å². The topological polar surface area (TPSA) is 39.2 Å². The number of nitrogens with zero attached hydrogens (tertiary/aromatic N) is 1. The molecule has 0 fully saturated rings. The average Bonchev–Trinajstić information content (AvgIpc) is 2.56. The molecule has 0 aromatic carbocycles. The molecule has 3 heteroatoms. The molecule has 0 bridgehead atoms. The van der Waals surface area contributed by atoms with Crippen molar-refractivity contribution in [2.75, 3.05) is 7.11 Å². The first-order valence-electron chi connectivity index (χ1n) is 4.45. The Labute approximate surface area is 82.4 Å². The van der Waals surface area contributed by atoms with Crippen molar-refractivity contribution >= 4 is 11.5 Å². The molecule has 14 heavy (non-hydrogen) atoms. The average molecular weight is 189 g/mol. The molecule has 1 aliphatic carbocycles. The summed E-state index contributed by atoms with van der Waals surface area (Å²) in [5.41, 5.74) is 2.70. The quantitative estimate of drug-likeness (QED) is 0.632. The number of methoxy groups -OCH3 is 1. The third kappa shape index (κ3) is 1.21. The first-order valence-corrected chi connectivity index (χ1v) is 4.45. The summed E-state index contributed by atoms with van der Waals surface area (Å²) < 4.78 is 4.73. The van der Waals surface area contributed by atoms with Crippen LogP contribution in [0.4, 0.5) is 0 Å². The van der Waals surface area contributed by atoms with Crippen LogP contribution >= 0.6 is 0 Å². The van der Waals surface area contributed by atoms with E-state index < -0.39 is 0 Å². The summed E-state index contributed by atoms with van der Waals surface area (Å²) >= 11 is 0. The van der Waals surface area contributed by atoms with E-state index in [1.165, 1.54) is 7.11 Å². The monoisotopic (exact) mass is 189 g/mol. The summed E-state index contributed by atoms with van der Waals surface area (Å²) in [6, 6.07) is 3.73. The van der Waals surface area contributed by atoms with Crippen molar-refractivity contribution in [3.8, 4) is 0 Å². The number of allylic oxidation sites excluding steroid dienone is 1. The van der Waals surface area contributed by atoms with E-state index in [1.54, 1.807) is 6.20 Å². The Morgan fingerprint density at radius 2 is 2.50 bits per heavy atom. The summed E-state index contributed by atoms with van der Waals surface area (Å²) in [6.45, 7) is 3.89. The third-order valence-electron chi connectivity index (χ3n) is 2.49. The van der Waals surface area contributed by atoms with Crippen LogP contribution in [0.3, 0.4) is 0 Å². The lowest BCUT2D eigenvalue weighted by atomic mass is 10.0. The summed E-state index contributed by atoms with van der Waals surface area (Å²) in [5, 5.41) is 0. The molecule has 0 amide bonds. The van der Waals surface area contributed by atoms with Gasteiger partial charge < -0.3 is 4.74 Å². The number of carbonyl (C=O) groups excluding carboxylic acids is 1. The molecule has 0 saturated carbocycles. The fourth-order valence-electron chi connectivity index (χ4n) is 1.80. The molecule has 72 valence electrons. The highest BCUT2D eigenvalue weighted by Gasteiger charge is 2.32. The maximum Gasteiger partial charge on any atom is 0.313 e. The SMILES string of the molecule is C=C1CC(C(=O)OC)c2cccnc21. The number of esters is 1. The van der Waals surface area contributed by atoms with Crippen LogP contribution in [0, 0.1) is 0 Å². The number of aromatic nitrogens is 1. The van der Waals surface area contributed by atoms with E-state index in [9.17, 15) is 4.79 Å². The van der Waals surface area contributed by atoms with Crippen LogP contribution in [0.25, 0.3) is 5.57 Å². The molecule has 1 unspecified atom stereocenters. The minimum absolute atomic E-state index is 0.210. The Balaban J connectivity index is 2.44. The van der Waals surface area contributed by atoms with Crippen LogP contribution in [0.1, 0.15) is 23.6 Å². The lowest BCUT2D eigenvalue weighted by Gasteiger charge is -2.06. The summed E-state index contributed by atoms with van der Waals surface area (Å²) in [7, 11) is 1.40. The molecule has 1 aromatic rings. The van der Waals surface area contributed by atoms with Crippen molar-refractivity contribution < 1.29 is 9.53 Å². The number of fused-ring (bicyclic) bond motifs is 1. The van der Waals surface area contributed by atoms with Gasteiger partial charge in [0.05, 0.1) is 18.7 Å². The molecule has 1 atom stereocenters. The Bertz CT molecular complexity index is 398. The smallest absolute Gasteiger partial charge is 0.313 e. The van der Waals surface area contributed by atoms with Crippen molar-refractivity contribution in [2.45, 2.75) is 12.3 Å². The molecule has 0 N–H and O–H groups in total. The van der Waals surface area contributed by atoms with Gasteiger partial charge in [0.1, 0.15) is 0 Å². The Kier molecular flexibility index (Phi) is 2.08. The van der Waals surface area contributed by atoms with Gasteiger partial charge in [0, 0.05) is 6.20 Å². The molecule has 0 saturated heterocycles. The maximum atomic E-state index is 11.4. The van der Waals surface area contributed by atoms with Crippen LogP contribution in [0.15, 0.2) is 24.9 Å². The standard InChI is InChI=1S/C11H11NO2/c1-7-6-9(11(13)14-2)8-4-3-5-12-10(7)8/h3-5,9H,1,6H2,2H3. The predicted molar refractivity (Wildman–Crippen MR) is 52.6 cm³/mol. The fourth-order valence-corrected chi connectivity index (χ4v) is 1.80. The molecule has 2 rings (SSSR count). The van der Waals surface area contributed by atoms with Gasteiger partial charge in [-0.2, -0.15) is 0 Å². The number of hydrogen-bond acceptors (Lipinski definition) is 3. The van der Waals surface area contributed by atoms with Crippen molar-refractivity contribution in [1.29, 1.82) is 0 Å². The second-order valence-corrected chi connectivity index (χ2v) is 3.32. The highest BCUT2D eigenvalue weighted by atomic mass is 16.5. The van der Waals surface area contributed by atoms with Crippen molar-refractivity contribution in [1.82, 2.24) is 4.98 Å². The van der Waals surface area contributed by atoms with Crippen LogP contribution in [-0.2, 0) is 9.53 Å². The fraction of sp³-hybridized carbons (Fsp3) is 0.273. The minimum atomic E-state index is -0.212. The van der Waals surface area contributed by atoms with Gasteiger partial charge in [0.2, 0.25) is 0 Å². The summed E-state index contributed by atoms with van der Waals surface area (Å²) in [4.78, 5) is 15.6. The first-order chi connectivity index (χ1) is 6.74. The minimum Gasteiger partial charge on any atom is -0.469 e. The largest absolute Gasteiger partial charge is 0.469 e. The highest BCUT2D eigenvalue weighted by molar-refractivity contribution is 5.86. The molecule has 0 spiro atoms. The van der Waals surface area contributed by atoms with Gasteiger partial charge in [-0.25, -0.2) is 0 Å². The van der Waals surface area contributed by atoms with Gasteiger partial charge >= 0.3 is 5.97 Å². The van der Waals surface area contributed by atoms with Crippen LogP contribution in [-0.4, -0.2) is 18.1 Å². The molecule has 3 nitrogen and oxygen atoms in total. The Hall–Kier alpha value is -1.64. The lowest BCUT2D eigenvalue weighted by Crippen LogP contribution is -2.11. The molecule has 0 aliphatic heterocycles. The van der Waals surface area contributed by atoms with E-state index in [2.05, 4.69) is 11.6 Å². The zero-order valence-electron chi connectivity index (χ0n) is 7.99. The van der Waals surface area contributed by atoms with E-state index in [-0.39, 0.29) is 11.9 Å². The van der Waals surface area contributed by atoms with Gasteiger partial charge in [-0.1, -0.05) is 12.6 Å². The Morgan fingerprint density at radius 3 is 3.21 bits per heavy atom. The zero-order chi connectivity index (χ0) is 10.1. The normalized spacial score (nSPS) is 19.2. The highest BCUT2D eigenvalue weighted by Crippen LogP contribution is 2.38. The zero-order valence-corrected chi connectivity index (χ0v) is 7.99. The van der Waals surface area contributed by atoms with E-state index in [4.69, 9.17) is 4.74 Å². The van der Waals surface area contributed by atoms with Gasteiger partial charge in [0.15, 0.2) is 0 Å². The maximum absolute atomic E-state index is 11.4. The van der Waals surface area contributed by atoms with Gasteiger partial charge in [-0.15, -0.1) is 0 Å². The van der Waals surface area contributed by atoms with Crippen LogP contribution in [0.5, 0.6) is 0 Å². The molecule has 1 aliphatic rings. The van der Waals surface area contributed by atoms with Crippen molar-refractivity contribution in [3.63, 3.8) is 0 Å². The number of hydrogen-bond donors (Lipinski definition) is 0. The number of ether oxygens (including phenoxy) is 1. The van der Waals surface area contributed by atoms with Gasteiger partial charge in [-0.3, -0.25) is 9.78 Å². The number of pyridine rings is 1. The van der Waals surface area contributed by atoms with Crippen LogP contribution in [0.2, 0.25) is 0 Å². The molecular weight excluding hydrogens is 178 g/mol. The van der Waals surface area contributed by atoms with Crippen LogP contribution < -0.4 is 0 Å². The second-order valence-electron chi connectivity index (χ2n) is 3.32. The second kappa shape index (κ2) is 3.25. The molecule has 0 radical (unpaired) electrons. The van der Waals surface area contributed by atoms with E-state index >= 15 is 0 Å². The summed E-state index contributed by atoms with van der Waals surface area (Å²) in [5.74, 6) is -0.422. The Morgan fingerprint density at radius 1 is 1.71 bits per heavy atom. The van der Waals surface area contributed by atoms with Gasteiger partial charge in [0.25, 0.3) is 0 Å². The molecular formula is C11H11NO2. The summed E-state index contributed by atoms with van der Waals surface area (Å²) in [6.07, 6.45) is 2.34. The van der Waals surface area contributed by atoms with Gasteiger partial charge in [-0.05, 0) is 23.6 Å². The predicted octanol–water partition coefficient (Wildman–Crippen LogP) is 1.76. The first kappa shape index (κ1) is 8.94. The van der Waals surface area contributed by atoms with E-state index in [1.807, 2.05) is 12.1 Å². The van der Waals surface area contributed by atoms with E-state index in [0.717, 1.165) is 16.8 Å². The number of carbonyl (C=O) groups is 1.